The van der Waals surface area contributed by atoms with Crippen LogP contribution in [0.1, 0.15) is 49.0 Å². The van der Waals surface area contributed by atoms with E-state index in [0.29, 0.717) is 0 Å². The van der Waals surface area contributed by atoms with Crippen molar-refractivity contribution in [1.82, 2.24) is 9.80 Å². The minimum atomic E-state index is 0.188. The van der Waals surface area contributed by atoms with E-state index in [9.17, 15) is 4.79 Å². The molecule has 0 N–H and O–H groups in total. The lowest BCUT2D eigenvalue weighted by Crippen LogP contribution is -2.48. The molecule has 0 unspecified atom stereocenters. The Morgan fingerprint density at radius 2 is 1.67 bits per heavy atom. The summed E-state index contributed by atoms with van der Waals surface area (Å²) in [7, 11) is 0. The van der Waals surface area contributed by atoms with E-state index in [1.54, 1.807) is 0 Å². The zero-order valence-corrected chi connectivity index (χ0v) is 13.5. The van der Waals surface area contributed by atoms with Gasteiger partial charge in [0, 0.05) is 31.7 Å². The van der Waals surface area contributed by atoms with Crippen LogP contribution in [0.25, 0.3) is 0 Å². The molecule has 1 amide bonds. The van der Waals surface area contributed by atoms with Crippen LogP contribution in [0, 0.1) is 0 Å². The van der Waals surface area contributed by atoms with Gasteiger partial charge in [0.2, 0.25) is 0 Å². The topological polar surface area (TPSA) is 23.6 Å². The van der Waals surface area contributed by atoms with Gasteiger partial charge in [-0.3, -0.25) is 9.69 Å². The van der Waals surface area contributed by atoms with E-state index in [-0.39, 0.29) is 5.91 Å². The predicted octanol–water partition coefficient (Wildman–Crippen LogP) is 3.20. The standard InChI is InChI=1S/C18H28N2O/c1-3-5-6-16-7-9-17(10-8-16)18(21)20-14-12-19(11-4-2)13-15-20/h7-10H,3-6,11-15H2,1-2H3. The summed E-state index contributed by atoms with van der Waals surface area (Å²) in [5, 5.41) is 0. The van der Waals surface area contributed by atoms with Crippen LogP contribution in [0.2, 0.25) is 0 Å². The Labute approximate surface area is 128 Å². The van der Waals surface area contributed by atoms with Crippen molar-refractivity contribution in [3.05, 3.63) is 35.4 Å². The first-order valence-corrected chi connectivity index (χ1v) is 8.35. The van der Waals surface area contributed by atoms with Gasteiger partial charge in [0.15, 0.2) is 0 Å². The lowest BCUT2D eigenvalue weighted by atomic mass is 10.1. The van der Waals surface area contributed by atoms with Crippen molar-refractivity contribution in [2.45, 2.75) is 39.5 Å². The number of aryl methyl sites for hydroxylation is 1. The molecule has 1 aromatic carbocycles. The van der Waals surface area contributed by atoms with Gasteiger partial charge < -0.3 is 4.90 Å². The minimum Gasteiger partial charge on any atom is -0.336 e. The second-order valence-electron chi connectivity index (χ2n) is 5.93. The van der Waals surface area contributed by atoms with Gasteiger partial charge in [-0.25, -0.2) is 0 Å². The van der Waals surface area contributed by atoms with Crippen LogP contribution in [0.5, 0.6) is 0 Å². The smallest absolute Gasteiger partial charge is 0.253 e. The molecule has 3 heteroatoms. The Morgan fingerprint density at radius 1 is 1.00 bits per heavy atom. The Balaban J connectivity index is 1.88. The van der Waals surface area contributed by atoms with Crippen molar-refractivity contribution in [2.75, 3.05) is 32.7 Å². The Hall–Kier alpha value is -1.35. The summed E-state index contributed by atoms with van der Waals surface area (Å²) in [6.07, 6.45) is 4.73. The van der Waals surface area contributed by atoms with Crippen molar-refractivity contribution >= 4 is 5.91 Å². The average molecular weight is 288 g/mol. The number of rotatable bonds is 6. The van der Waals surface area contributed by atoms with Crippen LogP contribution < -0.4 is 0 Å². The summed E-state index contributed by atoms with van der Waals surface area (Å²) >= 11 is 0. The average Bonchev–Trinajstić information content (AvgIpc) is 2.54. The van der Waals surface area contributed by atoms with E-state index in [1.807, 2.05) is 17.0 Å². The summed E-state index contributed by atoms with van der Waals surface area (Å²) in [6, 6.07) is 8.20. The monoisotopic (exact) mass is 288 g/mol. The van der Waals surface area contributed by atoms with Gasteiger partial charge in [0.25, 0.3) is 5.91 Å². The molecule has 1 aliphatic rings. The molecule has 1 aliphatic heterocycles. The van der Waals surface area contributed by atoms with Crippen LogP contribution in [0.15, 0.2) is 24.3 Å². The highest BCUT2D eigenvalue weighted by Gasteiger charge is 2.21. The number of amides is 1. The largest absolute Gasteiger partial charge is 0.336 e. The van der Waals surface area contributed by atoms with E-state index in [0.717, 1.165) is 44.7 Å². The molecule has 1 saturated heterocycles. The van der Waals surface area contributed by atoms with Crippen molar-refractivity contribution in [3.63, 3.8) is 0 Å². The number of hydrogen-bond donors (Lipinski definition) is 0. The summed E-state index contributed by atoms with van der Waals surface area (Å²) in [4.78, 5) is 16.9. The third kappa shape index (κ3) is 4.57. The third-order valence-corrected chi connectivity index (χ3v) is 4.22. The number of carbonyl (C=O) groups excluding carboxylic acids is 1. The van der Waals surface area contributed by atoms with Crippen LogP contribution in [0.4, 0.5) is 0 Å². The van der Waals surface area contributed by atoms with Crippen molar-refractivity contribution in [2.24, 2.45) is 0 Å². The van der Waals surface area contributed by atoms with Gasteiger partial charge in [-0.1, -0.05) is 32.4 Å². The number of hydrogen-bond acceptors (Lipinski definition) is 2. The fourth-order valence-corrected chi connectivity index (χ4v) is 2.87. The minimum absolute atomic E-state index is 0.188. The first kappa shape index (κ1) is 16.0. The molecule has 1 aromatic rings. The molecule has 0 radical (unpaired) electrons. The lowest BCUT2D eigenvalue weighted by Gasteiger charge is -2.34. The highest BCUT2D eigenvalue weighted by Crippen LogP contribution is 2.12. The first-order chi connectivity index (χ1) is 10.2. The van der Waals surface area contributed by atoms with E-state index >= 15 is 0 Å². The molecule has 0 spiro atoms. The van der Waals surface area contributed by atoms with Crippen LogP contribution in [0.3, 0.4) is 0 Å². The molecule has 116 valence electrons. The molecular weight excluding hydrogens is 260 g/mol. The second-order valence-corrected chi connectivity index (χ2v) is 5.93. The molecule has 21 heavy (non-hydrogen) atoms. The highest BCUT2D eigenvalue weighted by atomic mass is 16.2. The van der Waals surface area contributed by atoms with Crippen LogP contribution >= 0.6 is 0 Å². The number of nitrogens with zero attached hydrogens (tertiary/aromatic N) is 2. The molecule has 3 nitrogen and oxygen atoms in total. The molecular formula is C18H28N2O. The van der Waals surface area contributed by atoms with E-state index in [2.05, 4.69) is 30.9 Å². The first-order valence-electron chi connectivity index (χ1n) is 8.35. The number of benzene rings is 1. The normalized spacial score (nSPS) is 16.2. The quantitative estimate of drug-likeness (QED) is 0.802. The highest BCUT2D eigenvalue weighted by molar-refractivity contribution is 5.94. The van der Waals surface area contributed by atoms with Gasteiger partial charge >= 0.3 is 0 Å². The van der Waals surface area contributed by atoms with E-state index in [4.69, 9.17) is 0 Å². The van der Waals surface area contributed by atoms with Gasteiger partial charge in [-0.2, -0.15) is 0 Å². The zero-order valence-electron chi connectivity index (χ0n) is 13.5. The SMILES string of the molecule is CCCCc1ccc(C(=O)N2CCN(CCC)CC2)cc1. The Bertz CT molecular complexity index is 433. The van der Waals surface area contributed by atoms with Gasteiger partial charge in [-0.05, 0) is 43.5 Å². The molecule has 2 rings (SSSR count). The molecule has 0 aliphatic carbocycles. The zero-order chi connectivity index (χ0) is 15.1. The molecule has 0 atom stereocenters. The maximum Gasteiger partial charge on any atom is 0.253 e. The number of unbranched alkanes of at least 4 members (excludes halogenated alkanes) is 1. The van der Waals surface area contributed by atoms with E-state index in [1.165, 1.54) is 24.8 Å². The number of piperazine rings is 1. The van der Waals surface area contributed by atoms with Crippen molar-refractivity contribution in [1.29, 1.82) is 0 Å². The Kier molecular flexibility index (Phi) is 6.24. The molecule has 0 aromatic heterocycles. The van der Waals surface area contributed by atoms with Crippen molar-refractivity contribution in [3.8, 4) is 0 Å². The fraction of sp³-hybridized carbons (Fsp3) is 0.611. The van der Waals surface area contributed by atoms with Gasteiger partial charge in [-0.15, -0.1) is 0 Å². The number of carbonyl (C=O) groups is 1. The molecule has 0 saturated carbocycles. The summed E-state index contributed by atoms with van der Waals surface area (Å²) < 4.78 is 0. The summed E-state index contributed by atoms with van der Waals surface area (Å²) in [5.74, 6) is 0.188. The van der Waals surface area contributed by atoms with Gasteiger partial charge in [0.1, 0.15) is 0 Å². The lowest BCUT2D eigenvalue weighted by molar-refractivity contribution is 0.0637. The van der Waals surface area contributed by atoms with Crippen LogP contribution in [-0.2, 0) is 6.42 Å². The van der Waals surface area contributed by atoms with Crippen molar-refractivity contribution < 1.29 is 4.79 Å². The molecule has 1 fully saturated rings. The summed E-state index contributed by atoms with van der Waals surface area (Å²) in [5.41, 5.74) is 2.17. The molecule has 1 heterocycles. The third-order valence-electron chi connectivity index (χ3n) is 4.22. The maximum absolute atomic E-state index is 12.5. The van der Waals surface area contributed by atoms with Gasteiger partial charge in [0.05, 0.1) is 0 Å². The Morgan fingerprint density at radius 3 is 2.24 bits per heavy atom. The second kappa shape index (κ2) is 8.18. The fourth-order valence-electron chi connectivity index (χ4n) is 2.87. The molecule has 0 bridgehead atoms. The predicted molar refractivity (Wildman–Crippen MR) is 87.7 cm³/mol. The van der Waals surface area contributed by atoms with Crippen LogP contribution in [-0.4, -0.2) is 48.4 Å². The maximum atomic E-state index is 12.5. The summed E-state index contributed by atoms with van der Waals surface area (Å²) in [6.45, 7) is 9.29. The van der Waals surface area contributed by atoms with E-state index < -0.39 is 0 Å².